The molecular formula is C13H14Cl2N4. The molecule has 1 aromatic carbocycles. The van der Waals surface area contributed by atoms with Gasteiger partial charge in [0.05, 0.1) is 10.0 Å². The number of hydrogen-bond acceptors (Lipinski definition) is 4. The van der Waals surface area contributed by atoms with Gasteiger partial charge in [-0.25, -0.2) is 15.8 Å². The minimum Gasteiger partial charge on any atom is -0.308 e. The number of hydrogen-bond donors (Lipinski definition) is 2. The summed E-state index contributed by atoms with van der Waals surface area (Å²) in [5.41, 5.74) is 4.15. The Balaban J connectivity index is 2.54. The molecule has 0 saturated heterocycles. The zero-order valence-corrected chi connectivity index (χ0v) is 12.0. The molecule has 100 valence electrons. The highest BCUT2D eigenvalue weighted by Gasteiger charge is 2.11. The fourth-order valence-electron chi connectivity index (χ4n) is 1.75. The van der Waals surface area contributed by atoms with Gasteiger partial charge in [-0.1, -0.05) is 42.6 Å². The molecule has 0 saturated carbocycles. The Morgan fingerprint density at radius 1 is 1.26 bits per heavy atom. The van der Waals surface area contributed by atoms with Gasteiger partial charge in [-0.05, 0) is 18.6 Å². The Hall–Kier alpha value is -1.36. The Morgan fingerprint density at radius 3 is 2.74 bits per heavy atom. The van der Waals surface area contributed by atoms with E-state index in [1.165, 1.54) is 0 Å². The number of anilines is 1. The second kappa shape index (κ2) is 6.19. The maximum atomic E-state index is 6.19. The molecule has 0 amide bonds. The normalized spacial score (nSPS) is 10.5. The van der Waals surface area contributed by atoms with Crippen LogP contribution in [0.3, 0.4) is 0 Å². The minimum absolute atomic E-state index is 0.445. The van der Waals surface area contributed by atoms with Gasteiger partial charge in [0, 0.05) is 17.3 Å². The van der Waals surface area contributed by atoms with Gasteiger partial charge < -0.3 is 5.43 Å². The zero-order valence-electron chi connectivity index (χ0n) is 10.5. The van der Waals surface area contributed by atoms with Gasteiger partial charge in [0.25, 0.3) is 0 Å². The minimum atomic E-state index is 0.445. The van der Waals surface area contributed by atoms with E-state index in [-0.39, 0.29) is 0 Å². The molecule has 19 heavy (non-hydrogen) atoms. The number of nitrogens with one attached hydrogen (secondary N) is 1. The lowest BCUT2D eigenvalue weighted by Crippen LogP contribution is -2.10. The summed E-state index contributed by atoms with van der Waals surface area (Å²) in [5, 5.41) is 0.923. The van der Waals surface area contributed by atoms with Crippen LogP contribution in [0.2, 0.25) is 10.0 Å². The first-order valence-electron chi connectivity index (χ1n) is 5.94. The van der Waals surface area contributed by atoms with Crippen molar-refractivity contribution in [2.24, 2.45) is 5.84 Å². The van der Waals surface area contributed by atoms with Crippen molar-refractivity contribution in [2.75, 3.05) is 5.43 Å². The van der Waals surface area contributed by atoms with E-state index >= 15 is 0 Å². The monoisotopic (exact) mass is 296 g/mol. The van der Waals surface area contributed by atoms with Crippen LogP contribution in [0.1, 0.15) is 19.0 Å². The number of aryl methyl sites for hydroxylation is 1. The van der Waals surface area contributed by atoms with Crippen LogP contribution in [-0.4, -0.2) is 9.97 Å². The molecule has 1 heterocycles. The molecule has 2 rings (SSSR count). The van der Waals surface area contributed by atoms with Crippen LogP contribution in [0.5, 0.6) is 0 Å². The first kappa shape index (κ1) is 14.1. The van der Waals surface area contributed by atoms with Crippen LogP contribution in [0.4, 0.5) is 5.82 Å². The number of rotatable bonds is 4. The summed E-state index contributed by atoms with van der Waals surface area (Å²) < 4.78 is 0. The lowest BCUT2D eigenvalue weighted by atomic mass is 10.2. The predicted molar refractivity (Wildman–Crippen MR) is 79.3 cm³/mol. The highest BCUT2D eigenvalue weighted by molar-refractivity contribution is 6.43. The Morgan fingerprint density at radius 2 is 2.05 bits per heavy atom. The first-order chi connectivity index (χ1) is 9.15. The van der Waals surface area contributed by atoms with E-state index in [9.17, 15) is 0 Å². The predicted octanol–water partition coefficient (Wildman–Crippen LogP) is 3.69. The maximum Gasteiger partial charge on any atom is 0.163 e. The van der Waals surface area contributed by atoms with E-state index in [0.29, 0.717) is 27.3 Å². The molecule has 0 radical (unpaired) electrons. The zero-order chi connectivity index (χ0) is 13.8. The maximum absolute atomic E-state index is 6.19. The Bertz CT molecular complexity index is 587. The van der Waals surface area contributed by atoms with E-state index < -0.39 is 0 Å². The summed E-state index contributed by atoms with van der Waals surface area (Å²) in [7, 11) is 0. The first-order valence-corrected chi connectivity index (χ1v) is 6.70. The van der Waals surface area contributed by atoms with E-state index in [4.69, 9.17) is 29.0 Å². The average Bonchev–Trinajstić information content (AvgIpc) is 2.42. The molecule has 0 atom stereocenters. The summed E-state index contributed by atoms with van der Waals surface area (Å²) in [4.78, 5) is 8.81. The van der Waals surface area contributed by atoms with Gasteiger partial charge in [-0.3, -0.25) is 0 Å². The number of nitrogens with zero attached hydrogens (tertiary/aromatic N) is 2. The third-order valence-corrected chi connectivity index (χ3v) is 3.44. The number of nitrogen functional groups attached to an aromatic ring is 1. The largest absolute Gasteiger partial charge is 0.308 e. The summed E-state index contributed by atoms with van der Waals surface area (Å²) in [6.07, 6.45) is 1.84. The van der Waals surface area contributed by atoms with E-state index in [1.54, 1.807) is 6.07 Å². The lowest BCUT2D eigenvalue weighted by molar-refractivity contribution is 0.875. The van der Waals surface area contributed by atoms with Crippen LogP contribution in [0.25, 0.3) is 11.4 Å². The van der Waals surface area contributed by atoms with Gasteiger partial charge >= 0.3 is 0 Å². The molecule has 0 aliphatic rings. The fraction of sp³-hybridized carbons (Fsp3) is 0.231. The number of aromatic nitrogens is 2. The van der Waals surface area contributed by atoms with Crippen molar-refractivity contribution in [1.82, 2.24) is 9.97 Å². The van der Waals surface area contributed by atoms with Gasteiger partial charge in [-0.15, -0.1) is 0 Å². The highest BCUT2D eigenvalue weighted by atomic mass is 35.5. The molecule has 0 aliphatic carbocycles. The molecule has 1 aromatic heterocycles. The van der Waals surface area contributed by atoms with Crippen LogP contribution >= 0.6 is 23.2 Å². The van der Waals surface area contributed by atoms with Crippen molar-refractivity contribution < 1.29 is 0 Å². The topological polar surface area (TPSA) is 63.8 Å². The number of benzene rings is 1. The van der Waals surface area contributed by atoms with Crippen molar-refractivity contribution in [2.45, 2.75) is 19.8 Å². The van der Waals surface area contributed by atoms with Crippen molar-refractivity contribution in [3.05, 3.63) is 40.0 Å². The van der Waals surface area contributed by atoms with Gasteiger partial charge in [0.1, 0.15) is 5.82 Å². The van der Waals surface area contributed by atoms with Crippen LogP contribution < -0.4 is 11.3 Å². The molecule has 0 spiro atoms. The number of nitrogens with two attached hydrogens (primary N) is 1. The summed E-state index contributed by atoms with van der Waals surface area (Å²) in [5.74, 6) is 6.51. The Kier molecular flexibility index (Phi) is 4.58. The quantitative estimate of drug-likeness (QED) is 0.667. The van der Waals surface area contributed by atoms with Gasteiger partial charge in [0.15, 0.2) is 5.82 Å². The second-order valence-electron chi connectivity index (χ2n) is 4.06. The molecule has 0 bridgehead atoms. The van der Waals surface area contributed by atoms with E-state index in [0.717, 1.165) is 18.5 Å². The third kappa shape index (κ3) is 3.15. The smallest absolute Gasteiger partial charge is 0.163 e. The van der Waals surface area contributed by atoms with Gasteiger partial charge in [-0.2, -0.15) is 0 Å². The standard InChI is InChI=1S/C13H14Cl2N4/c1-2-4-8-7-11(19-16)18-13(17-8)9-5-3-6-10(14)12(9)15/h3,5-7H,2,4,16H2,1H3,(H,17,18,19). The van der Waals surface area contributed by atoms with Crippen molar-refractivity contribution >= 4 is 29.0 Å². The summed E-state index contributed by atoms with van der Waals surface area (Å²) in [6.45, 7) is 2.09. The van der Waals surface area contributed by atoms with E-state index in [1.807, 2.05) is 18.2 Å². The highest BCUT2D eigenvalue weighted by Crippen LogP contribution is 2.32. The molecule has 6 heteroatoms. The molecular weight excluding hydrogens is 283 g/mol. The Labute approximate surface area is 121 Å². The van der Waals surface area contributed by atoms with Crippen LogP contribution in [-0.2, 0) is 6.42 Å². The fourth-order valence-corrected chi connectivity index (χ4v) is 2.14. The number of halogens is 2. The molecule has 0 aliphatic heterocycles. The lowest BCUT2D eigenvalue weighted by Gasteiger charge is -2.09. The molecule has 0 fully saturated rings. The molecule has 3 N–H and O–H groups in total. The summed E-state index contributed by atoms with van der Waals surface area (Å²) in [6, 6.07) is 7.20. The summed E-state index contributed by atoms with van der Waals surface area (Å²) >= 11 is 12.2. The van der Waals surface area contributed by atoms with Crippen molar-refractivity contribution in [3.63, 3.8) is 0 Å². The number of hydrazine groups is 1. The molecule has 4 nitrogen and oxygen atoms in total. The SMILES string of the molecule is CCCc1cc(NN)nc(-c2cccc(Cl)c2Cl)n1. The van der Waals surface area contributed by atoms with Crippen LogP contribution in [0, 0.1) is 0 Å². The molecule has 0 unspecified atom stereocenters. The van der Waals surface area contributed by atoms with Crippen molar-refractivity contribution in [1.29, 1.82) is 0 Å². The average molecular weight is 297 g/mol. The third-order valence-electron chi connectivity index (χ3n) is 2.63. The molecule has 2 aromatic rings. The second-order valence-corrected chi connectivity index (χ2v) is 4.85. The van der Waals surface area contributed by atoms with Gasteiger partial charge in [0.2, 0.25) is 0 Å². The van der Waals surface area contributed by atoms with Crippen LogP contribution in [0.15, 0.2) is 24.3 Å². The van der Waals surface area contributed by atoms with Crippen molar-refractivity contribution in [3.8, 4) is 11.4 Å². The van der Waals surface area contributed by atoms with E-state index in [2.05, 4.69) is 22.3 Å².